The summed E-state index contributed by atoms with van der Waals surface area (Å²) >= 11 is 6.14. The lowest BCUT2D eigenvalue weighted by atomic mass is 10.2. The largest absolute Gasteiger partial charge is 0.446 e. The lowest BCUT2D eigenvalue weighted by Crippen LogP contribution is -2.32. The molecule has 0 spiro atoms. The summed E-state index contributed by atoms with van der Waals surface area (Å²) < 4.78 is 39.0. The first-order chi connectivity index (χ1) is 17.7. The van der Waals surface area contributed by atoms with E-state index < -0.39 is 11.5 Å². The first kappa shape index (κ1) is 26.8. The van der Waals surface area contributed by atoms with Crippen molar-refractivity contribution in [3.05, 3.63) is 75.7 Å². The van der Waals surface area contributed by atoms with Crippen LogP contribution in [0.5, 0.6) is 0 Å². The van der Waals surface area contributed by atoms with Crippen molar-refractivity contribution in [2.75, 3.05) is 41.7 Å². The van der Waals surface area contributed by atoms with Crippen molar-refractivity contribution in [2.24, 2.45) is 0 Å². The summed E-state index contributed by atoms with van der Waals surface area (Å²) in [6.07, 6.45) is 2.55. The van der Waals surface area contributed by atoms with Gasteiger partial charge < -0.3 is 20.9 Å². The number of anilines is 3. The molecular weight excluding hydrogens is 529 g/mol. The Morgan fingerprint density at radius 1 is 1.08 bits per heavy atom. The molecule has 1 aromatic heterocycles. The van der Waals surface area contributed by atoms with Gasteiger partial charge in [-0.1, -0.05) is 29.8 Å². The van der Waals surface area contributed by atoms with Gasteiger partial charge in [-0.15, -0.1) is 0 Å². The number of urea groups is 1. The van der Waals surface area contributed by atoms with E-state index in [0.717, 1.165) is 38.2 Å². The van der Waals surface area contributed by atoms with Crippen LogP contribution in [0.3, 0.4) is 0 Å². The van der Waals surface area contributed by atoms with Crippen molar-refractivity contribution in [3.8, 4) is 0 Å². The molecule has 3 aromatic rings. The summed E-state index contributed by atoms with van der Waals surface area (Å²) in [4.78, 5) is 27.1. The van der Waals surface area contributed by atoms with Crippen LogP contribution in [0.2, 0.25) is 5.02 Å². The number of rotatable bonds is 6. The van der Waals surface area contributed by atoms with E-state index in [1.165, 1.54) is 28.9 Å². The molecule has 1 aliphatic heterocycles. The normalized spacial score (nSPS) is 14.2. The molecule has 2 amide bonds. The molecule has 2 heterocycles. The fraction of sp³-hybridized carbons (Fsp3) is 0.292. The van der Waals surface area contributed by atoms with Gasteiger partial charge in [0.25, 0.3) is 5.56 Å². The van der Waals surface area contributed by atoms with E-state index >= 15 is 0 Å². The maximum absolute atomic E-state index is 12.8. The average molecular weight is 553 g/mol. The van der Waals surface area contributed by atoms with Crippen LogP contribution in [-0.2, 0) is 6.54 Å². The highest BCUT2D eigenvalue weighted by Crippen LogP contribution is 2.37. The van der Waals surface area contributed by atoms with Crippen molar-refractivity contribution < 1.29 is 18.0 Å². The minimum atomic E-state index is -4.42. The Labute approximate surface area is 220 Å². The molecule has 0 aliphatic carbocycles. The number of hydrogen-bond acceptors (Lipinski definition) is 6. The molecule has 13 heteroatoms. The van der Waals surface area contributed by atoms with E-state index in [4.69, 9.17) is 11.6 Å². The van der Waals surface area contributed by atoms with E-state index in [9.17, 15) is 22.8 Å². The second-order valence-electron chi connectivity index (χ2n) is 8.25. The van der Waals surface area contributed by atoms with Gasteiger partial charge in [0.1, 0.15) is 5.02 Å². The number of carbonyl (C=O) groups is 1. The van der Waals surface area contributed by atoms with Gasteiger partial charge >= 0.3 is 11.5 Å². The molecule has 0 saturated carbocycles. The van der Waals surface area contributed by atoms with Crippen molar-refractivity contribution in [1.29, 1.82) is 0 Å². The Hall–Kier alpha value is -3.22. The van der Waals surface area contributed by atoms with Crippen LogP contribution in [-0.4, -0.2) is 47.5 Å². The zero-order valence-electron chi connectivity index (χ0n) is 19.5. The van der Waals surface area contributed by atoms with Crippen molar-refractivity contribution >= 4 is 46.5 Å². The van der Waals surface area contributed by atoms with Gasteiger partial charge in [-0.05, 0) is 60.6 Å². The zero-order chi connectivity index (χ0) is 26.4. The SMILES string of the molecule is O=C(Nc1ccc(Cn2ncc(N3CCCNCC3)c(Cl)c2=O)cc1)Nc1cccc(SC(F)(F)F)c1. The molecule has 1 aliphatic rings. The number of carbonyl (C=O) groups excluding carboxylic acids is 1. The van der Waals surface area contributed by atoms with Crippen LogP contribution >= 0.6 is 23.4 Å². The topological polar surface area (TPSA) is 91.3 Å². The molecule has 2 aromatic carbocycles. The smallest absolute Gasteiger partial charge is 0.368 e. The number of aromatic nitrogens is 2. The molecule has 0 bridgehead atoms. The van der Waals surface area contributed by atoms with Crippen LogP contribution in [0.4, 0.5) is 35.0 Å². The van der Waals surface area contributed by atoms with Gasteiger partial charge in [0.2, 0.25) is 0 Å². The number of halogens is 4. The van der Waals surface area contributed by atoms with Gasteiger partial charge in [0.15, 0.2) is 0 Å². The predicted molar refractivity (Wildman–Crippen MR) is 140 cm³/mol. The average Bonchev–Trinajstić information content (AvgIpc) is 3.12. The van der Waals surface area contributed by atoms with Crippen LogP contribution in [0, 0.1) is 0 Å². The van der Waals surface area contributed by atoms with Crippen molar-refractivity contribution in [3.63, 3.8) is 0 Å². The molecule has 1 saturated heterocycles. The fourth-order valence-corrected chi connectivity index (χ4v) is 4.67. The summed E-state index contributed by atoms with van der Waals surface area (Å²) in [7, 11) is 0. The molecule has 196 valence electrons. The third-order valence-corrected chi connectivity index (χ3v) is 6.59. The first-order valence-electron chi connectivity index (χ1n) is 11.4. The van der Waals surface area contributed by atoms with Gasteiger partial charge in [0.05, 0.1) is 18.4 Å². The van der Waals surface area contributed by atoms with Crippen LogP contribution in [0.1, 0.15) is 12.0 Å². The van der Waals surface area contributed by atoms with Gasteiger partial charge in [-0.3, -0.25) is 4.79 Å². The molecule has 1 fully saturated rings. The third kappa shape index (κ3) is 7.63. The summed E-state index contributed by atoms with van der Waals surface area (Å²) in [6.45, 7) is 3.44. The Kier molecular flexibility index (Phi) is 8.62. The van der Waals surface area contributed by atoms with E-state index in [0.29, 0.717) is 11.4 Å². The summed E-state index contributed by atoms with van der Waals surface area (Å²) in [6, 6.07) is 11.6. The van der Waals surface area contributed by atoms with E-state index in [1.807, 2.05) is 0 Å². The second-order valence-corrected chi connectivity index (χ2v) is 9.77. The molecular formula is C24H24ClF3N6O2S. The molecule has 0 radical (unpaired) electrons. The number of benzene rings is 2. The standard InChI is InChI=1S/C24H24ClF3N6O2S/c25-21-20(33-11-2-9-29-10-12-33)14-30-34(22(21)35)15-16-5-7-17(8-6-16)31-23(36)32-18-3-1-4-19(13-18)37-24(26,27)28/h1,3-8,13-14,29H,2,9-12,15H2,(H2,31,32,36). The van der Waals surface area contributed by atoms with Crippen LogP contribution in [0.25, 0.3) is 0 Å². The van der Waals surface area contributed by atoms with E-state index in [1.54, 1.807) is 30.5 Å². The Morgan fingerprint density at radius 2 is 1.84 bits per heavy atom. The maximum atomic E-state index is 12.8. The molecule has 0 atom stereocenters. The number of thioether (sulfide) groups is 1. The predicted octanol–water partition coefficient (Wildman–Crippen LogP) is 5.00. The number of nitrogens with one attached hydrogen (secondary N) is 3. The van der Waals surface area contributed by atoms with Crippen LogP contribution in [0.15, 0.2) is 64.4 Å². The summed E-state index contributed by atoms with van der Waals surface area (Å²) in [5.74, 6) is 0. The van der Waals surface area contributed by atoms with Gasteiger partial charge in [-0.25, -0.2) is 9.48 Å². The lowest BCUT2D eigenvalue weighted by molar-refractivity contribution is -0.0328. The second kappa shape index (κ2) is 11.9. The minimum absolute atomic E-state index is 0.0323. The Bertz CT molecular complexity index is 1290. The monoisotopic (exact) mass is 552 g/mol. The molecule has 4 rings (SSSR count). The zero-order valence-corrected chi connectivity index (χ0v) is 21.1. The van der Waals surface area contributed by atoms with Crippen molar-refractivity contribution in [1.82, 2.24) is 15.1 Å². The van der Waals surface area contributed by atoms with Crippen LogP contribution < -0.4 is 26.4 Å². The lowest BCUT2D eigenvalue weighted by Gasteiger charge is -2.23. The molecule has 8 nitrogen and oxygen atoms in total. The van der Waals surface area contributed by atoms with Gasteiger partial charge in [0, 0.05) is 35.9 Å². The van der Waals surface area contributed by atoms with E-state index in [2.05, 4.69) is 25.9 Å². The highest BCUT2D eigenvalue weighted by atomic mass is 35.5. The summed E-state index contributed by atoms with van der Waals surface area (Å²) in [5.41, 5.74) is -2.72. The highest BCUT2D eigenvalue weighted by molar-refractivity contribution is 8.00. The Morgan fingerprint density at radius 3 is 2.59 bits per heavy atom. The number of nitrogens with zero attached hydrogens (tertiary/aromatic N) is 3. The minimum Gasteiger partial charge on any atom is -0.368 e. The first-order valence-corrected chi connectivity index (χ1v) is 12.6. The third-order valence-electron chi connectivity index (χ3n) is 5.52. The number of alkyl halides is 3. The van der Waals surface area contributed by atoms with Gasteiger partial charge in [-0.2, -0.15) is 18.3 Å². The quantitative estimate of drug-likeness (QED) is 0.373. The molecule has 0 unspecified atom stereocenters. The summed E-state index contributed by atoms with van der Waals surface area (Å²) in [5, 5.41) is 12.9. The number of amides is 2. The molecule has 3 N–H and O–H groups in total. The highest BCUT2D eigenvalue weighted by Gasteiger charge is 2.29. The van der Waals surface area contributed by atoms with Crippen molar-refractivity contribution in [2.45, 2.75) is 23.4 Å². The molecule has 37 heavy (non-hydrogen) atoms. The van der Waals surface area contributed by atoms with E-state index in [-0.39, 0.29) is 39.5 Å². The Balaban J connectivity index is 1.36. The fourth-order valence-electron chi connectivity index (χ4n) is 3.81. The number of hydrogen-bond donors (Lipinski definition) is 3. The maximum Gasteiger partial charge on any atom is 0.446 e.